The number of halogens is 2. The minimum atomic E-state index is -0.947. The molecule has 0 radical (unpaired) electrons. The molecule has 5 nitrogen and oxygen atoms in total. The number of benzene rings is 1. The average Bonchev–Trinajstić information content (AvgIpc) is 3.03. The van der Waals surface area contributed by atoms with Crippen molar-refractivity contribution >= 4 is 11.8 Å². The summed E-state index contributed by atoms with van der Waals surface area (Å²) in [5, 5.41) is 0. The molecule has 2 aromatic rings. The third kappa shape index (κ3) is 4.13. The summed E-state index contributed by atoms with van der Waals surface area (Å²) in [7, 11) is 1.61. The van der Waals surface area contributed by atoms with Gasteiger partial charge in [-0.3, -0.25) is 14.6 Å². The largest absolute Gasteiger partial charge is 0.339 e. The second-order valence-electron chi connectivity index (χ2n) is 6.80. The van der Waals surface area contributed by atoms with E-state index in [4.69, 9.17) is 0 Å². The lowest BCUT2D eigenvalue weighted by atomic mass is 10.0. The summed E-state index contributed by atoms with van der Waals surface area (Å²) >= 11 is 0. The standard InChI is InChI=1S/C20H21F2N3O2/c1-13(14-6-7-17(21)18(22)9-14)24(2)20(27)15-10-19(26)25(11-15)12-16-5-3-4-8-23-16/h3-9,13,15H,10-12H2,1-2H3/t13-,15+/m1/s1. The summed E-state index contributed by atoms with van der Waals surface area (Å²) in [5.74, 6) is -2.61. The van der Waals surface area contributed by atoms with Crippen LogP contribution in [0.5, 0.6) is 0 Å². The van der Waals surface area contributed by atoms with Gasteiger partial charge in [0.05, 0.1) is 24.2 Å². The fourth-order valence-corrected chi connectivity index (χ4v) is 3.25. The lowest BCUT2D eigenvalue weighted by Crippen LogP contribution is -2.36. The summed E-state index contributed by atoms with van der Waals surface area (Å²) in [6, 6.07) is 8.65. The predicted octanol–water partition coefficient (Wildman–Crippen LogP) is 2.93. The first kappa shape index (κ1) is 18.9. The Morgan fingerprint density at radius 3 is 2.74 bits per heavy atom. The van der Waals surface area contributed by atoms with Crippen molar-refractivity contribution in [3.05, 3.63) is 65.5 Å². The molecule has 1 aliphatic heterocycles. The molecule has 1 saturated heterocycles. The van der Waals surface area contributed by atoms with Gasteiger partial charge in [-0.2, -0.15) is 0 Å². The molecule has 0 spiro atoms. The minimum Gasteiger partial charge on any atom is -0.339 e. The van der Waals surface area contributed by atoms with Gasteiger partial charge in [-0.1, -0.05) is 12.1 Å². The van der Waals surface area contributed by atoms with Gasteiger partial charge in [0.1, 0.15) is 0 Å². The second-order valence-corrected chi connectivity index (χ2v) is 6.80. The fraction of sp³-hybridized carbons (Fsp3) is 0.350. The number of aromatic nitrogens is 1. The number of carbonyl (C=O) groups excluding carboxylic acids is 2. The van der Waals surface area contributed by atoms with Crippen molar-refractivity contribution in [2.75, 3.05) is 13.6 Å². The predicted molar refractivity (Wildman–Crippen MR) is 95.3 cm³/mol. The van der Waals surface area contributed by atoms with Crippen LogP contribution < -0.4 is 0 Å². The van der Waals surface area contributed by atoms with Gasteiger partial charge < -0.3 is 9.80 Å². The van der Waals surface area contributed by atoms with Crippen molar-refractivity contribution in [1.82, 2.24) is 14.8 Å². The van der Waals surface area contributed by atoms with Crippen LogP contribution in [0.2, 0.25) is 0 Å². The molecular weight excluding hydrogens is 352 g/mol. The Morgan fingerprint density at radius 2 is 2.07 bits per heavy atom. The van der Waals surface area contributed by atoms with Crippen molar-refractivity contribution in [3.63, 3.8) is 0 Å². The molecule has 0 saturated carbocycles. The Balaban J connectivity index is 1.66. The highest BCUT2D eigenvalue weighted by molar-refractivity contribution is 5.89. The lowest BCUT2D eigenvalue weighted by Gasteiger charge is -2.28. The minimum absolute atomic E-state index is 0.0899. The van der Waals surface area contributed by atoms with Gasteiger partial charge in [0.2, 0.25) is 11.8 Å². The van der Waals surface area contributed by atoms with E-state index >= 15 is 0 Å². The van der Waals surface area contributed by atoms with Gasteiger partial charge in [0.25, 0.3) is 0 Å². The number of carbonyl (C=O) groups is 2. The van der Waals surface area contributed by atoms with Gasteiger partial charge >= 0.3 is 0 Å². The Hall–Kier alpha value is -2.83. The zero-order valence-corrected chi connectivity index (χ0v) is 15.2. The summed E-state index contributed by atoms with van der Waals surface area (Å²) in [5.41, 5.74) is 1.27. The van der Waals surface area contributed by atoms with Gasteiger partial charge in [0, 0.05) is 26.2 Å². The first-order chi connectivity index (χ1) is 12.9. The maximum Gasteiger partial charge on any atom is 0.228 e. The highest BCUT2D eigenvalue weighted by Gasteiger charge is 2.37. The third-order valence-corrected chi connectivity index (χ3v) is 5.00. The Kier molecular flexibility index (Phi) is 5.48. The Labute approximate surface area is 156 Å². The highest BCUT2D eigenvalue weighted by atomic mass is 19.2. The van der Waals surface area contributed by atoms with Gasteiger partial charge in [-0.15, -0.1) is 0 Å². The van der Waals surface area contributed by atoms with E-state index in [0.29, 0.717) is 18.7 Å². The van der Waals surface area contributed by atoms with Gasteiger partial charge in [-0.25, -0.2) is 8.78 Å². The number of amides is 2. The first-order valence-electron chi connectivity index (χ1n) is 8.76. The van der Waals surface area contributed by atoms with Crippen LogP contribution in [0.25, 0.3) is 0 Å². The first-order valence-corrected chi connectivity index (χ1v) is 8.76. The molecule has 0 N–H and O–H groups in total. The smallest absolute Gasteiger partial charge is 0.228 e. The van der Waals surface area contributed by atoms with E-state index in [1.165, 1.54) is 11.0 Å². The Morgan fingerprint density at radius 1 is 1.30 bits per heavy atom. The van der Waals surface area contributed by atoms with Crippen molar-refractivity contribution in [2.24, 2.45) is 5.92 Å². The molecule has 2 amide bonds. The molecule has 2 heterocycles. The molecule has 7 heteroatoms. The molecule has 2 atom stereocenters. The van der Waals surface area contributed by atoms with Crippen LogP contribution in [0.1, 0.15) is 30.6 Å². The number of likely N-dealkylation sites (tertiary alicyclic amines) is 1. The maximum absolute atomic E-state index is 13.5. The summed E-state index contributed by atoms with van der Waals surface area (Å²) < 4.78 is 26.6. The summed E-state index contributed by atoms with van der Waals surface area (Å²) in [6.07, 6.45) is 1.80. The van der Waals surface area contributed by atoms with E-state index < -0.39 is 23.6 Å². The van der Waals surface area contributed by atoms with Crippen molar-refractivity contribution in [2.45, 2.75) is 25.9 Å². The zero-order valence-electron chi connectivity index (χ0n) is 15.2. The lowest BCUT2D eigenvalue weighted by molar-refractivity contribution is -0.136. The number of rotatable bonds is 5. The van der Waals surface area contributed by atoms with Crippen molar-refractivity contribution < 1.29 is 18.4 Å². The van der Waals surface area contributed by atoms with Gasteiger partial charge in [-0.05, 0) is 36.8 Å². The average molecular weight is 373 g/mol. The van der Waals surface area contributed by atoms with E-state index in [1.807, 2.05) is 12.1 Å². The van der Waals surface area contributed by atoms with Crippen molar-refractivity contribution in [3.8, 4) is 0 Å². The number of hydrogen-bond acceptors (Lipinski definition) is 3. The third-order valence-electron chi connectivity index (χ3n) is 5.00. The number of hydrogen-bond donors (Lipinski definition) is 0. The van der Waals surface area contributed by atoms with Crippen LogP contribution in [0.15, 0.2) is 42.6 Å². The van der Waals surface area contributed by atoms with Gasteiger partial charge in [0.15, 0.2) is 11.6 Å². The zero-order chi connectivity index (χ0) is 19.6. The molecule has 1 aromatic heterocycles. The monoisotopic (exact) mass is 373 g/mol. The molecule has 1 aliphatic rings. The van der Waals surface area contributed by atoms with E-state index in [9.17, 15) is 18.4 Å². The van der Waals surface area contributed by atoms with E-state index in [1.54, 1.807) is 31.1 Å². The van der Waals surface area contributed by atoms with E-state index in [-0.39, 0.29) is 18.2 Å². The van der Waals surface area contributed by atoms with Crippen LogP contribution in [-0.4, -0.2) is 40.2 Å². The summed E-state index contributed by atoms with van der Waals surface area (Å²) in [6.45, 7) is 2.43. The highest BCUT2D eigenvalue weighted by Crippen LogP contribution is 2.26. The van der Waals surface area contributed by atoms with E-state index in [2.05, 4.69) is 4.98 Å². The quantitative estimate of drug-likeness (QED) is 0.810. The molecule has 1 fully saturated rings. The molecule has 27 heavy (non-hydrogen) atoms. The normalized spacial score (nSPS) is 17.9. The van der Waals surface area contributed by atoms with Crippen LogP contribution in [0, 0.1) is 17.6 Å². The molecule has 0 unspecified atom stereocenters. The number of pyridine rings is 1. The molecule has 3 rings (SSSR count). The Bertz CT molecular complexity index is 844. The molecule has 0 aliphatic carbocycles. The molecular formula is C20H21F2N3O2. The van der Waals surface area contributed by atoms with Crippen LogP contribution in [-0.2, 0) is 16.1 Å². The summed E-state index contributed by atoms with van der Waals surface area (Å²) in [4.78, 5) is 32.4. The molecule has 142 valence electrons. The maximum atomic E-state index is 13.5. The number of nitrogens with zero attached hydrogens (tertiary/aromatic N) is 3. The second kappa shape index (κ2) is 7.82. The molecule has 0 bridgehead atoms. The fourth-order valence-electron chi connectivity index (χ4n) is 3.25. The van der Waals surface area contributed by atoms with Crippen molar-refractivity contribution in [1.29, 1.82) is 0 Å². The SMILES string of the molecule is C[C@H](c1ccc(F)c(F)c1)N(C)C(=O)[C@H]1CC(=O)N(Cc2ccccn2)C1. The van der Waals surface area contributed by atoms with Crippen LogP contribution >= 0.6 is 0 Å². The topological polar surface area (TPSA) is 53.5 Å². The van der Waals surface area contributed by atoms with E-state index in [0.717, 1.165) is 17.8 Å². The molecule has 1 aromatic carbocycles. The van der Waals surface area contributed by atoms with Crippen LogP contribution in [0.4, 0.5) is 8.78 Å². The van der Waals surface area contributed by atoms with Crippen LogP contribution in [0.3, 0.4) is 0 Å².